The van der Waals surface area contributed by atoms with Crippen LogP contribution >= 0.6 is 0 Å². The standard InChI is InChI=1S/C28H37N3O7.C2H7N/c1-28(2,3)12-31(38-6)11-15-9-17(30(4)5)16-8-13-7-14-10-18(32)22(27(29)37)26(36)20(14)24(34)19(13)25(35)21(16)23(15)33;1-3-2/h9,13-14,20,33,35-36H,7-8,10-12H2,1-6H3,(H2,29,37);3H,1-2H3. The average molecular weight is 573 g/mol. The van der Waals surface area contributed by atoms with Gasteiger partial charge in [0.15, 0.2) is 11.6 Å². The fourth-order valence-corrected chi connectivity index (χ4v) is 6.17. The molecule has 1 fully saturated rings. The Morgan fingerprint density at radius 1 is 1.15 bits per heavy atom. The van der Waals surface area contributed by atoms with Crippen LogP contribution in [0.4, 0.5) is 5.69 Å². The normalized spacial score (nSPS) is 22.1. The van der Waals surface area contributed by atoms with Gasteiger partial charge in [0.1, 0.15) is 22.8 Å². The van der Waals surface area contributed by atoms with E-state index in [1.54, 1.807) is 12.2 Å². The highest BCUT2D eigenvalue weighted by Gasteiger charge is 2.51. The van der Waals surface area contributed by atoms with Gasteiger partial charge in [0.05, 0.1) is 25.1 Å². The lowest BCUT2D eigenvalue weighted by atomic mass is 9.61. The number of anilines is 1. The second-order valence-electron chi connectivity index (χ2n) is 12.4. The van der Waals surface area contributed by atoms with Crippen molar-refractivity contribution in [1.82, 2.24) is 10.4 Å². The molecule has 6 N–H and O–H groups in total. The predicted molar refractivity (Wildman–Crippen MR) is 156 cm³/mol. The Morgan fingerprint density at radius 3 is 2.27 bits per heavy atom. The third-order valence-corrected chi connectivity index (χ3v) is 7.68. The van der Waals surface area contributed by atoms with E-state index in [-0.39, 0.29) is 41.0 Å². The molecule has 0 bridgehead atoms. The highest BCUT2D eigenvalue weighted by Crippen LogP contribution is 2.52. The number of allylic oxidation sites excluding steroid dienone is 2. The molecule has 0 radical (unpaired) electrons. The topological polar surface area (TPSA) is 166 Å². The number of amides is 1. The van der Waals surface area contributed by atoms with E-state index in [0.29, 0.717) is 30.5 Å². The van der Waals surface area contributed by atoms with Crippen molar-refractivity contribution in [3.05, 3.63) is 39.7 Å². The van der Waals surface area contributed by atoms with E-state index in [1.807, 2.05) is 39.2 Å². The molecule has 1 aromatic carbocycles. The van der Waals surface area contributed by atoms with Gasteiger partial charge in [-0.15, -0.1) is 0 Å². The number of phenols is 1. The van der Waals surface area contributed by atoms with Crippen molar-refractivity contribution in [3.8, 4) is 5.75 Å². The lowest BCUT2D eigenvalue weighted by molar-refractivity contribution is -0.154. The van der Waals surface area contributed by atoms with Crippen molar-refractivity contribution in [2.45, 2.75) is 46.6 Å². The number of nitrogens with two attached hydrogens (primary N) is 1. The van der Waals surface area contributed by atoms with Gasteiger partial charge < -0.3 is 36.1 Å². The molecule has 3 aliphatic rings. The highest BCUT2D eigenvalue weighted by molar-refractivity contribution is 6.21. The van der Waals surface area contributed by atoms with Crippen LogP contribution in [0.15, 0.2) is 23.0 Å². The predicted octanol–water partition coefficient (Wildman–Crippen LogP) is 2.62. The molecule has 11 nitrogen and oxygen atoms in total. The van der Waals surface area contributed by atoms with Gasteiger partial charge in [-0.3, -0.25) is 14.4 Å². The molecular formula is C30H44N4O7. The monoisotopic (exact) mass is 572 g/mol. The van der Waals surface area contributed by atoms with E-state index in [0.717, 1.165) is 5.69 Å². The Balaban J connectivity index is 0.00000147. The molecule has 1 amide bonds. The number of hydrogen-bond acceptors (Lipinski definition) is 10. The number of nitrogens with zero attached hydrogens (tertiary/aromatic N) is 2. The van der Waals surface area contributed by atoms with Crippen molar-refractivity contribution in [2.24, 2.45) is 28.9 Å². The Morgan fingerprint density at radius 2 is 1.76 bits per heavy atom. The molecule has 1 saturated carbocycles. The summed E-state index contributed by atoms with van der Waals surface area (Å²) in [6.45, 7) is 7.04. The molecule has 0 heterocycles. The molecule has 0 aliphatic heterocycles. The fraction of sp³-hybridized carbons (Fsp3) is 0.567. The van der Waals surface area contributed by atoms with E-state index < -0.39 is 46.6 Å². The van der Waals surface area contributed by atoms with E-state index in [1.165, 1.54) is 0 Å². The molecule has 3 aliphatic carbocycles. The van der Waals surface area contributed by atoms with Crippen LogP contribution in [0.3, 0.4) is 0 Å². The molecule has 0 spiro atoms. The zero-order chi connectivity index (χ0) is 31.0. The zero-order valence-electron chi connectivity index (χ0n) is 25.3. The number of carbonyl (C=O) groups excluding carboxylic acids is 3. The molecule has 0 saturated heterocycles. The maximum Gasteiger partial charge on any atom is 0.255 e. The molecule has 3 atom stereocenters. The molecule has 11 heteroatoms. The number of rotatable bonds is 6. The first-order valence-corrected chi connectivity index (χ1v) is 13.7. The molecular weight excluding hydrogens is 528 g/mol. The summed E-state index contributed by atoms with van der Waals surface area (Å²) in [5.41, 5.74) is 6.97. The molecule has 3 unspecified atom stereocenters. The Bertz CT molecular complexity index is 1290. The maximum atomic E-state index is 13.7. The van der Waals surface area contributed by atoms with E-state index in [2.05, 4.69) is 26.1 Å². The van der Waals surface area contributed by atoms with Crippen LogP contribution in [-0.4, -0.2) is 79.7 Å². The summed E-state index contributed by atoms with van der Waals surface area (Å²) in [7, 11) is 9.04. The van der Waals surface area contributed by atoms with Gasteiger partial charge in [0.25, 0.3) is 5.91 Å². The first-order valence-electron chi connectivity index (χ1n) is 13.7. The number of nitrogens with one attached hydrogen (secondary N) is 1. The van der Waals surface area contributed by atoms with Crippen molar-refractivity contribution < 1.29 is 34.5 Å². The molecule has 226 valence electrons. The third-order valence-electron chi connectivity index (χ3n) is 7.68. The van der Waals surface area contributed by atoms with Gasteiger partial charge >= 0.3 is 0 Å². The zero-order valence-corrected chi connectivity index (χ0v) is 25.3. The number of carbonyl (C=O) groups is 3. The molecule has 1 aromatic rings. The third kappa shape index (κ3) is 6.27. The van der Waals surface area contributed by atoms with E-state index >= 15 is 0 Å². The van der Waals surface area contributed by atoms with Gasteiger partial charge in [0, 0.05) is 43.9 Å². The Labute approximate surface area is 241 Å². The SMILES string of the molecule is CNC.CON(Cc1cc(N(C)C)c2c(c1O)C(O)=C1C(=O)C3C(O)=C(C(N)=O)C(=O)CC3CC1C2)CC(C)(C)C. The van der Waals surface area contributed by atoms with Crippen molar-refractivity contribution in [2.75, 3.05) is 46.7 Å². The fourth-order valence-electron chi connectivity index (χ4n) is 6.17. The summed E-state index contributed by atoms with van der Waals surface area (Å²) in [5, 5.41) is 38.1. The largest absolute Gasteiger partial charge is 0.511 e. The van der Waals surface area contributed by atoms with Gasteiger partial charge in [0.2, 0.25) is 0 Å². The second kappa shape index (κ2) is 12.2. The lowest BCUT2D eigenvalue weighted by Gasteiger charge is -2.41. The smallest absolute Gasteiger partial charge is 0.255 e. The number of phenolic OH excluding ortho intramolecular Hbond substituents is 1. The first kappa shape index (κ1) is 32.1. The van der Waals surface area contributed by atoms with E-state index in [4.69, 9.17) is 10.6 Å². The molecule has 0 aromatic heterocycles. The van der Waals surface area contributed by atoms with Crippen LogP contribution in [0.5, 0.6) is 5.75 Å². The van der Waals surface area contributed by atoms with Gasteiger partial charge in [-0.05, 0) is 55.8 Å². The number of aliphatic hydroxyl groups is 2. The number of hydroxylamine groups is 2. The van der Waals surface area contributed by atoms with Crippen LogP contribution < -0.4 is 16.0 Å². The number of fused-ring (bicyclic) bond motifs is 3. The summed E-state index contributed by atoms with van der Waals surface area (Å²) in [5.74, 6) is -5.38. The van der Waals surface area contributed by atoms with Gasteiger partial charge in [-0.1, -0.05) is 20.8 Å². The minimum Gasteiger partial charge on any atom is -0.511 e. The minimum atomic E-state index is -1.14. The summed E-state index contributed by atoms with van der Waals surface area (Å²) in [6, 6.07) is 1.87. The highest BCUT2D eigenvalue weighted by atomic mass is 16.7. The van der Waals surface area contributed by atoms with Gasteiger partial charge in [-0.2, -0.15) is 5.06 Å². The number of aliphatic hydroxyl groups excluding tert-OH is 2. The van der Waals surface area contributed by atoms with E-state index in [9.17, 15) is 29.7 Å². The first-order chi connectivity index (χ1) is 19.1. The summed E-state index contributed by atoms with van der Waals surface area (Å²) in [4.78, 5) is 45.5. The quantitative estimate of drug-likeness (QED) is 0.253. The summed E-state index contributed by atoms with van der Waals surface area (Å²) >= 11 is 0. The van der Waals surface area contributed by atoms with Crippen molar-refractivity contribution in [3.63, 3.8) is 0 Å². The maximum absolute atomic E-state index is 13.7. The van der Waals surface area contributed by atoms with Crippen LogP contribution in [-0.2, 0) is 32.2 Å². The minimum absolute atomic E-state index is 0.0761. The van der Waals surface area contributed by atoms with Crippen LogP contribution in [0.2, 0.25) is 0 Å². The lowest BCUT2D eigenvalue weighted by Crippen LogP contribution is -2.44. The Hall–Kier alpha value is -3.41. The number of Topliss-reactive ketones (excluding diaryl/α,β-unsaturated/α-hetero) is 2. The van der Waals surface area contributed by atoms with Crippen LogP contribution in [0.1, 0.15) is 50.3 Å². The number of hydrogen-bond donors (Lipinski definition) is 5. The molecule has 41 heavy (non-hydrogen) atoms. The number of primary amides is 1. The van der Waals surface area contributed by atoms with Crippen LogP contribution in [0, 0.1) is 23.2 Å². The number of aromatic hydroxyl groups is 1. The number of ketones is 2. The van der Waals surface area contributed by atoms with Gasteiger partial charge in [-0.25, -0.2) is 0 Å². The summed E-state index contributed by atoms with van der Waals surface area (Å²) < 4.78 is 0. The van der Waals surface area contributed by atoms with Crippen molar-refractivity contribution in [1.29, 1.82) is 0 Å². The van der Waals surface area contributed by atoms with Crippen LogP contribution in [0.25, 0.3) is 5.76 Å². The second-order valence-corrected chi connectivity index (χ2v) is 12.4. The average Bonchev–Trinajstić information content (AvgIpc) is 2.83. The van der Waals surface area contributed by atoms with Crippen molar-refractivity contribution >= 4 is 28.9 Å². The summed E-state index contributed by atoms with van der Waals surface area (Å²) in [6.07, 6.45) is 0.638. The molecule has 4 rings (SSSR count). The number of benzene rings is 1. The Kier molecular flexibility index (Phi) is 9.57.